The van der Waals surface area contributed by atoms with Crippen LogP contribution < -0.4 is 9.80 Å². The van der Waals surface area contributed by atoms with E-state index in [1.807, 2.05) is 6.07 Å². The molecule has 0 saturated carbocycles. The van der Waals surface area contributed by atoms with Crippen molar-refractivity contribution in [1.82, 2.24) is 8.80 Å². The first kappa shape index (κ1) is 46.8. The maximum absolute atomic E-state index is 6.80. The van der Waals surface area contributed by atoms with Gasteiger partial charge in [0.15, 0.2) is 5.58 Å². The van der Waals surface area contributed by atoms with Gasteiger partial charge in [-0.15, -0.1) is 0 Å². The molecule has 0 aliphatic carbocycles. The van der Waals surface area contributed by atoms with Crippen molar-refractivity contribution in [3.05, 3.63) is 291 Å². The lowest BCUT2D eigenvalue weighted by Gasteiger charge is -2.26. The van der Waals surface area contributed by atoms with Crippen LogP contribution in [0.15, 0.2) is 296 Å². The van der Waals surface area contributed by atoms with Gasteiger partial charge in [0, 0.05) is 82.3 Å². The Kier molecular flexibility index (Phi) is 9.39. The molecule has 0 aliphatic rings. The molecule has 0 atom stereocenters. The molecule has 0 bridgehead atoms. The fourth-order valence-corrected chi connectivity index (χ4v) is 15.0. The molecule has 402 valence electrons. The summed E-state index contributed by atoms with van der Waals surface area (Å²) in [4.78, 5) is 4.79. The molecule has 20 rings (SSSR count). The van der Waals surface area contributed by atoms with Crippen LogP contribution in [0.3, 0.4) is 0 Å². The number of rotatable bonds is 7. The fourth-order valence-electron chi connectivity index (χ4n) is 15.0. The van der Waals surface area contributed by atoms with Crippen LogP contribution in [0.5, 0.6) is 0 Å². The third-order valence-corrected chi connectivity index (χ3v) is 18.9. The van der Waals surface area contributed by atoms with E-state index in [0.29, 0.717) is 0 Å². The van der Waals surface area contributed by atoms with E-state index < -0.39 is 0 Å². The molecule has 0 N–H and O–H groups in total. The second kappa shape index (κ2) is 17.5. The Morgan fingerprint density at radius 3 is 1.07 bits per heavy atom. The molecule has 0 fully saturated rings. The highest BCUT2D eigenvalue weighted by molar-refractivity contribution is 6.29. The first-order valence-electron chi connectivity index (χ1n) is 30.0. The maximum Gasteiger partial charge on any atom is 0.159 e. The van der Waals surface area contributed by atoms with Gasteiger partial charge in [-0.05, 0) is 188 Å². The summed E-state index contributed by atoms with van der Waals surface area (Å²) in [7, 11) is 0. The summed E-state index contributed by atoms with van der Waals surface area (Å²) in [6.45, 7) is 0. The molecular formula is C82H48N4O. The fraction of sp³-hybridized carbons (Fsp3) is 0. The van der Waals surface area contributed by atoms with Crippen molar-refractivity contribution >= 4 is 175 Å². The minimum atomic E-state index is 0.863. The van der Waals surface area contributed by atoms with E-state index in [1.165, 1.54) is 130 Å². The molecule has 5 heteroatoms. The van der Waals surface area contributed by atoms with Crippen LogP contribution in [0.25, 0.3) is 152 Å². The van der Waals surface area contributed by atoms with Gasteiger partial charge in [-0.3, -0.25) is 0 Å². The Hall–Kier alpha value is -11.7. The summed E-state index contributed by atoms with van der Waals surface area (Å²) in [5, 5.41) is 21.8. The van der Waals surface area contributed by atoms with Gasteiger partial charge in [-0.25, -0.2) is 0 Å². The van der Waals surface area contributed by atoms with Crippen molar-refractivity contribution in [2.24, 2.45) is 0 Å². The average Bonchev–Trinajstić information content (AvgIpc) is 1.60. The summed E-state index contributed by atoms with van der Waals surface area (Å²) in [5.74, 6) is 0. The number of benzene rings is 15. The highest BCUT2D eigenvalue weighted by Gasteiger charge is 2.27. The quantitative estimate of drug-likeness (QED) is 0.159. The molecule has 5 heterocycles. The summed E-state index contributed by atoms with van der Waals surface area (Å²) in [5.41, 5.74) is 17.9. The van der Waals surface area contributed by atoms with E-state index in [2.05, 4.69) is 304 Å². The normalized spacial score (nSPS) is 12.4. The largest absolute Gasteiger partial charge is 0.454 e. The molecule has 0 aliphatic heterocycles. The van der Waals surface area contributed by atoms with Crippen molar-refractivity contribution in [1.29, 1.82) is 0 Å². The number of hydrogen-bond donors (Lipinski definition) is 0. The van der Waals surface area contributed by atoms with Gasteiger partial charge in [0.2, 0.25) is 0 Å². The predicted molar refractivity (Wildman–Crippen MR) is 368 cm³/mol. The van der Waals surface area contributed by atoms with Crippen LogP contribution in [-0.4, -0.2) is 8.80 Å². The lowest BCUT2D eigenvalue weighted by molar-refractivity contribution is 0.669. The van der Waals surface area contributed by atoms with Crippen molar-refractivity contribution < 1.29 is 4.42 Å². The molecule has 0 saturated heterocycles. The summed E-state index contributed by atoms with van der Waals surface area (Å²) >= 11 is 0. The van der Waals surface area contributed by atoms with Crippen LogP contribution in [0.2, 0.25) is 0 Å². The standard InChI is InChI=1S/C82H48N4O/c1-4-21-59(22-5-1)83(60-23-6-2-7-24-60)62-45-70-66-37-49-17-10-12-19-51(49)41-75(66)85-77-43-55-33-31-53(35-57(55)39-68(77)71(46-62)80(70)85)54-32-34-56-44-78-69(40-58(56)36-54)73-48-63(47-72-67-38-50-18-11-13-20-52(50)42-76(67)86(78)81(72)73)84(61-25-8-3-9-26-61)74-29-16-28-65-64-27-14-15-30-79(64)87-82(65)74/h1-48H. The van der Waals surface area contributed by atoms with E-state index in [9.17, 15) is 0 Å². The molecule has 5 aromatic heterocycles. The number of hydrogen-bond acceptors (Lipinski definition) is 3. The van der Waals surface area contributed by atoms with Crippen molar-refractivity contribution in [3.63, 3.8) is 0 Å². The number of aromatic nitrogens is 2. The monoisotopic (exact) mass is 1100 g/mol. The van der Waals surface area contributed by atoms with Crippen LogP contribution in [-0.2, 0) is 0 Å². The SMILES string of the molecule is c1ccc(N(c2ccccc2)c2cc3c4cc5ccccc5cc4n4c5cc6ccc(-c7ccc8cc9c(cc8c7)c7cc(N(c8ccccc8)c8cccc%10c8oc8ccccc8%10)cc8c%10cc%11ccccc%11cc%10n9c87)cc6cc5c(c2)c34)cc1. The van der Waals surface area contributed by atoms with Crippen LogP contribution >= 0.6 is 0 Å². The molecule has 15 aromatic carbocycles. The number of furan rings is 1. The molecule has 5 nitrogen and oxygen atoms in total. The second-order valence-corrected chi connectivity index (χ2v) is 23.7. The summed E-state index contributed by atoms with van der Waals surface area (Å²) in [6, 6.07) is 108. The number of anilines is 6. The Bertz CT molecular complexity index is 6220. The Balaban J connectivity index is 0.788. The van der Waals surface area contributed by atoms with Crippen LogP contribution in [0, 0.1) is 0 Å². The zero-order valence-electron chi connectivity index (χ0n) is 46.9. The predicted octanol–water partition coefficient (Wildman–Crippen LogP) is 23.1. The first-order valence-corrected chi connectivity index (χ1v) is 30.0. The Labute approximate surface area is 497 Å². The van der Waals surface area contributed by atoms with Gasteiger partial charge in [0.1, 0.15) is 5.58 Å². The number of para-hydroxylation sites is 5. The molecule has 87 heavy (non-hydrogen) atoms. The Morgan fingerprint density at radius 2 is 0.598 bits per heavy atom. The molecule has 0 unspecified atom stereocenters. The molecule has 20 aromatic rings. The number of nitrogens with zero attached hydrogens (tertiary/aromatic N) is 4. The lowest BCUT2D eigenvalue weighted by atomic mass is 9.96. The van der Waals surface area contributed by atoms with E-state index >= 15 is 0 Å². The minimum Gasteiger partial charge on any atom is -0.454 e. The van der Waals surface area contributed by atoms with Gasteiger partial charge in [0.05, 0.1) is 38.8 Å². The lowest BCUT2D eigenvalue weighted by Crippen LogP contribution is -2.10. The molecule has 0 amide bonds. The highest BCUT2D eigenvalue weighted by Crippen LogP contribution is 2.50. The molecular weight excluding hydrogens is 1060 g/mol. The van der Waals surface area contributed by atoms with E-state index in [4.69, 9.17) is 4.42 Å². The van der Waals surface area contributed by atoms with Gasteiger partial charge < -0.3 is 23.0 Å². The summed E-state index contributed by atoms with van der Waals surface area (Å²) < 4.78 is 11.9. The number of fused-ring (bicyclic) bond motifs is 19. The van der Waals surface area contributed by atoms with E-state index in [1.54, 1.807) is 0 Å². The average molecular weight is 1110 g/mol. The third kappa shape index (κ3) is 6.68. The maximum atomic E-state index is 6.80. The zero-order valence-corrected chi connectivity index (χ0v) is 46.9. The van der Waals surface area contributed by atoms with Crippen molar-refractivity contribution in [3.8, 4) is 11.1 Å². The molecule has 0 radical (unpaired) electrons. The van der Waals surface area contributed by atoms with E-state index in [-0.39, 0.29) is 0 Å². The van der Waals surface area contributed by atoms with Crippen molar-refractivity contribution in [2.45, 2.75) is 0 Å². The van der Waals surface area contributed by atoms with Gasteiger partial charge in [0.25, 0.3) is 0 Å². The smallest absolute Gasteiger partial charge is 0.159 e. The third-order valence-electron chi connectivity index (χ3n) is 18.9. The van der Waals surface area contributed by atoms with Crippen molar-refractivity contribution in [2.75, 3.05) is 9.80 Å². The summed E-state index contributed by atoms with van der Waals surface area (Å²) in [6.07, 6.45) is 0. The van der Waals surface area contributed by atoms with E-state index in [0.717, 1.165) is 56.1 Å². The minimum absolute atomic E-state index is 0.863. The second-order valence-electron chi connectivity index (χ2n) is 23.7. The van der Waals surface area contributed by atoms with Gasteiger partial charge >= 0.3 is 0 Å². The van der Waals surface area contributed by atoms with Crippen LogP contribution in [0.1, 0.15) is 0 Å². The Morgan fingerprint density at radius 1 is 0.230 bits per heavy atom. The van der Waals surface area contributed by atoms with Gasteiger partial charge in [-0.2, -0.15) is 0 Å². The zero-order chi connectivity index (χ0) is 56.6. The first-order chi connectivity index (χ1) is 43.1. The van der Waals surface area contributed by atoms with Gasteiger partial charge in [-0.1, -0.05) is 158 Å². The highest BCUT2D eigenvalue weighted by atomic mass is 16.3. The topological polar surface area (TPSA) is 28.4 Å². The molecule has 0 spiro atoms. The van der Waals surface area contributed by atoms with Crippen LogP contribution in [0.4, 0.5) is 34.1 Å².